The Hall–Kier alpha value is -2.88. The molecule has 2 aromatic carbocycles. The Kier molecular flexibility index (Phi) is 3.68. The van der Waals surface area contributed by atoms with E-state index < -0.39 is 0 Å². The number of nitrogens with one attached hydrogen (secondary N) is 1. The summed E-state index contributed by atoms with van der Waals surface area (Å²) in [4.78, 5) is 24.7. The van der Waals surface area contributed by atoms with E-state index in [1.807, 2.05) is 50.2 Å². The summed E-state index contributed by atoms with van der Waals surface area (Å²) in [6.45, 7) is 3.87. The number of carbonyl (C=O) groups is 2. The van der Waals surface area contributed by atoms with Crippen molar-refractivity contribution < 1.29 is 14.0 Å². The van der Waals surface area contributed by atoms with Crippen molar-refractivity contribution in [2.75, 3.05) is 5.32 Å². The van der Waals surface area contributed by atoms with Crippen LogP contribution in [0.25, 0.3) is 11.0 Å². The van der Waals surface area contributed by atoms with Crippen LogP contribution in [0.1, 0.15) is 40.1 Å². The third-order valence-corrected chi connectivity index (χ3v) is 4.67. The summed E-state index contributed by atoms with van der Waals surface area (Å²) < 4.78 is 5.84. The van der Waals surface area contributed by atoms with E-state index in [0.29, 0.717) is 22.6 Å². The standard InChI is InChI=1S/C21H19NO3/c1-12-3-5-14(6-4-12)19(23)20-13(2)17-10-9-16(11-18(17)25-20)22-21(24)15-7-8-15/h3-6,9-11,15H,7-8H2,1-2H3,(H,22,24). The van der Waals surface area contributed by atoms with Crippen LogP contribution in [0.15, 0.2) is 46.9 Å². The highest BCUT2D eigenvalue weighted by molar-refractivity contribution is 6.10. The van der Waals surface area contributed by atoms with Crippen LogP contribution >= 0.6 is 0 Å². The van der Waals surface area contributed by atoms with Crippen molar-refractivity contribution in [3.05, 3.63) is 64.9 Å². The number of ketones is 1. The Morgan fingerprint density at radius 2 is 1.76 bits per heavy atom. The normalized spacial score (nSPS) is 13.8. The lowest BCUT2D eigenvalue weighted by molar-refractivity contribution is -0.117. The van der Waals surface area contributed by atoms with E-state index in [0.717, 1.165) is 29.4 Å². The molecule has 1 N–H and O–H groups in total. The molecule has 1 aliphatic carbocycles. The van der Waals surface area contributed by atoms with Gasteiger partial charge in [-0.1, -0.05) is 29.8 Å². The largest absolute Gasteiger partial charge is 0.452 e. The van der Waals surface area contributed by atoms with Gasteiger partial charge in [-0.3, -0.25) is 9.59 Å². The zero-order valence-electron chi connectivity index (χ0n) is 14.3. The van der Waals surface area contributed by atoms with Crippen molar-refractivity contribution in [2.24, 2.45) is 5.92 Å². The molecule has 1 aromatic heterocycles. The Labute approximate surface area is 145 Å². The third-order valence-electron chi connectivity index (χ3n) is 4.67. The Balaban J connectivity index is 1.67. The molecule has 1 amide bonds. The maximum absolute atomic E-state index is 12.7. The number of rotatable bonds is 4. The van der Waals surface area contributed by atoms with Gasteiger partial charge in [-0.05, 0) is 38.8 Å². The van der Waals surface area contributed by atoms with Gasteiger partial charge in [0.1, 0.15) is 5.58 Å². The van der Waals surface area contributed by atoms with Crippen molar-refractivity contribution in [3.8, 4) is 0 Å². The van der Waals surface area contributed by atoms with Gasteiger partial charge in [-0.15, -0.1) is 0 Å². The summed E-state index contributed by atoms with van der Waals surface area (Å²) in [5, 5.41) is 3.80. The molecule has 1 aliphatic rings. The second-order valence-electron chi connectivity index (χ2n) is 6.73. The number of benzene rings is 2. The smallest absolute Gasteiger partial charge is 0.228 e. The molecule has 0 unspecified atom stereocenters. The first-order valence-electron chi connectivity index (χ1n) is 8.48. The predicted molar refractivity (Wildman–Crippen MR) is 96.9 cm³/mol. The van der Waals surface area contributed by atoms with E-state index in [9.17, 15) is 9.59 Å². The third kappa shape index (κ3) is 2.95. The van der Waals surface area contributed by atoms with Crippen molar-refractivity contribution in [2.45, 2.75) is 26.7 Å². The monoisotopic (exact) mass is 333 g/mol. The number of fused-ring (bicyclic) bond motifs is 1. The molecule has 4 rings (SSSR count). The van der Waals surface area contributed by atoms with Crippen LogP contribution in [0.2, 0.25) is 0 Å². The highest BCUT2D eigenvalue weighted by Gasteiger charge is 2.29. The summed E-state index contributed by atoms with van der Waals surface area (Å²) in [6.07, 6.45) is 1.92. The van der Waals surface area contributed by atoms with E-state index in [1.165, 1.54) is 0 Å². The molecule has 4 heteroatoms. The number of amides is 1. The fraction of sp³-hybridized carbons (Fsp3) is 0.238. The minimum Gasteiger partial charge on any atom is -0.452 e. The molecule has 1 heterocycles. The van der Waals surface area contributed by atoms with E-state index in [4.69, 9.17) is 4.42 Å². The molecule has 1 saturated carbocycles. The summed E-state index contributed by atoms with van der Waals surface area (Å²) in [7, 11) is 0. The van der Waals surface area contributed by atoms with Crippen LogP contribution < -0.4 is 5.32 Å². The summed E-state index contributed by atoms with van der Waals surface area (Å²) in [5.41, 5.74) is 3.85. The van der Waals surface area contributed by atoms with E-state index in [1.54, 1.807) is 6.07 Å². The van der Waals surface area contributed by atoms with Crippen LogP contribution in [-0.2, 0) is 4.79 Å². The first-order valence-corrected chi connectivity index (χ1v) is 8.48. The first kappa shape index (κ1) is 15.6. The molecule has 0 saturated heterocycles. The number of carbonyl (C=O) groups excluding carboxylic acids is 2. The molecule has 0 aliphatic heterocycles. The van der Waals surface area contributed by atoms with Gasteiger partial charge in [0.15, 0.2) is 5.76 Å². The molecule has 3 aromatic rings. The zero-order chi connectivity index (χ0) is 17.6. The number of anilines is 1. The average Bonchev–Trinajstić information content (AvgIpc) is 3.40. The molecule has 126 valence electrons. The lowest BCUT2D eigenvalue weighted by atomic mass is 10.0. The average molecular weight is 333 g/mol. The molecule has 0 bridgehead atoms. The van der Waals surface area contributed by atoms with Crippen molar-refractivity contribution in [1.29, 1.82) is 0 Å². The Morgan fingerprint density at radius 1 is 1.04 bits per heavy atom. The molecular weight excluding hydrogens is 314 g/mol. The minimum absolute atomic E-state index is 0.0542. The van der Waals surface area contributed by atoms with E-state index >= 15 is 0 Å². The highest BCUT2D eigenvalue weighted by atomic mass is 16.3. The fourth-order valence-electron chi connectivity index (χ4n) is 2.95. The maximum atomic E-state index is 12.7. The molecule has 1 fully saturated rings. The van der Waals surface area contributed by atoms with Gasteiger partial charge in [-0.2, -0.15) is 0 Å². The number of hydrogen-bond donors (Lipinski definition) is 1. The SMILES string of the molecule is Cc1ccc(C(=O)c2oc3cc(NC(=O)C4CC4)ccc3c2C)cc1. The van der Waals surface area contributed by atoms with Gasteiger partial charge < -0.3 is 9.73 Å². The lowest BCUT2D eigenvalue weighted by Crippen LogP contribution is -2.12. The first-order chi connectivity index (χ1) is 12.0. The lowest BCUT2D eigenvalue weighted by Gasteiger charge is -2.03. The quantitative estimate of drug-likeness (QED) is 0.708. The highest BCUT2D eigenvalue weighted by Crippen LogP contribution is 2.32. The van der Waals surface area contributed by atoms with Crippen LogP contribution in [-0.4, -0.2) is 11.7 Å². The zero-order valence-corrected chi connectivity index (χ0v) is 14.3. The van der Waals surface area contributed by atoms with Crippen molar-refractivity contribution in [1.82, 2.24) is 0 Å². The molecule has 25 heavy (non-hydrogen) atoms. The number of hydrogen-bond acceptors (Lipinski definition) is 3. The van der Waals surface area contributed by atoms with Gasteiger partial charge in [0, 0.05) is 34.2 Å². The van der Waals surface area contributed by atoms with Gasteiger partial charge in [-0.25, -0.2) is 0 Å². The van der Waals surface area contributed by atoms with E-state index in [-0.39, 0.29) is 17.6 Å². The van der Waals surface area contributed by atoms with Crippen LogP contribution in [0, 0.1) is 19.8 Å². The molecule has 0 atom stereocenters. The van der Waals surface area contributed by atoms with Gasteiger partial charge in [0.25, 0.3) is 0 Å². The van der Waals surface area contributed by atoms with E-state index in [2.05, 4.69) is 5.32 Å². The van der Waals surface area contributed by atoms with Crippen LogP contribution in [0.4, 0.5) is 5.69 Å². The van der Waals surface area contributed by atoms with Gasteiger partial charge >= 0.3 is 0 Å². The van der Waals surface area contributed by atoms with Crippen molar-refractivity contribution in [3.63, 3.8) is 0 Å². The number of furan rings is 1. The Bertz CT molecular complexity index is 978. The minimum atomic E-state index is -0.128. The summed E-state index contributed by atoms with van der Waals surface area (Å²) in [6, 6.07) is 13.0. The Morgan fingerprint density at radius 3 is 2.44 bits per heavy atom. The summed E-state index contributed by atoms with van der Waals surface area (Å²) in [5.74, 6) is 0.424. The van der Waals surface area contributed by atoms with Crippen molar-refractivity contribution >= 4 is 28.3 Å². The predicted octanol–water partition coefficient (Wildman–Crippen LogP) is 4.63. The summed E-state index contributed by atoms with van der Waals surface area (Å²) >= 11 is 0. The maximum Gasteiger partial charge on any atom is 0.228 e. The fourth-order valence-corrected chi connectivity index (χ4v) is 2.95. The van der Waals surface area contributed by atoms with Crippen LogP contribution in [0.3, 0.4) is 0 Å². The van der Waals surface area contributed by atoms with Gasteiger partial charge in [0.2, 0.25) is 11.7 Å². The van der Waals surface area contributed by atoms with Crippen LogP contribution in [0.5, 0.6) is 0 Å². The van der Waals surface area contributed by atoms with Gasteiger partial charge in [0.05, 0.1) is 0 Å². The number of aryl methyl sites for hydroxylation is 2. The molecule has 0 spiro atoms. The molecule has 4 nitrogen and oxygen atoms in total. The molecular formula is C21H19NO3. The molecule has 0 radical (unpaired) electrons. The second-order valence-corrected chi connectivity index (χ2v) is 6.73. The topological polar surface area (TPSA) is 59.3 Å². The second kappa shape index (κ2) is 5.88.